The van der Waals surface area contributed by atoms with Gasteiger partial charge in [0.1, 0.15) is 5.82 Å². The van der Waals surface area contributed by atoms with Gasteiger partial charge in [0.05, 0.1) is 43.3 Å². The summed E-state index contributed by atoms with van der Waals surface area (Å²) in [5, 5.41) is 23.1. The van der Waals surface area contributed by atoms with Crippen molar-refractivity contribution in [2.45, 2.75) is 12.5 Å². The van der Waals surface area contributed by atoms with Gasteiger partial charge in [-0.15, -0.1) is 0 Å². The van der Waals surface area contributed by atoms with Gasteiger partial charge in [-0.2, -0.15) is 10.4 Å². The van der Waals surface area contributed by atoms with E-state index in [-0.39, 0.29) is 24.0 Å². The van der Waals surface area contributed by atoms with E-state index < -0.39 is 11.6 Å². The molecule has 0 saturated carbocycles. The van der Waals surface area contributed by atoms with Gasteiger partial charge in [-0.25, -0.2) is 13.8 Å². The zero-order valence-electron chi connectivity index (χ0n) is 17.1. The summed E-state index contributed by atoms with van der Waals surface area (Å²) in [7, 11) is 1.53. The van der Waals surface area contributed by atoms with Gasteiger partial charge >= 0.3 is 0 Å². The minimum absolute atomic E-state index is 0.0333. The Morgan fingerprint density at radius 3 is 2.97 bits per heavy atom. The van der Waals surface area contributed by atoms with E-state index in [1.165, 1.54) is 25.5 Å². The zero-order valence-corrected chi connectivity index (χ0v) is 17.1. The molecule has 164 valence electrons. The highest BCUT2D eigenvalue weighted by Gasteiger charge is 2.23. The molecular weight excluding hydrogens is 406 g/mol. The number of nitrogens with one attached hydrogen (secondary N) is 3. The van der Waals surface area contributed by atoms with Gasteiger partial charge < -0.3 is 16.0 Å². The number of carbonyl (C=O) groups excluding carboxylic acids is 1. The van der Waals surface area contributed by atoms with Crippen molar-refractivity contribution in [3.05, 3.63) is 47.2 Å². The predicted molar refractivity (Wildman–Crippen MR) is 115 cm³/mol. The number of hydrazone groups is 1. The predicted octanol–water partition coefficient (Wildman–Crippen LogP) is 1.22. The van der Waals surface area contributed by atoms with Crippen LogP contribution in [0.2, 0.25) is 0 Å². The van der Waals surface area contributed by atoms with E-state index in [1.54, 1.807) is 17.3 Å². The van der Waals surface area contributed by atoms with Crippen molar-refractivity contribution in [2.75, 3.05) is 33.2 Å². The maximum atomic E-state index is 14.0. The van der Waals surface area contributed by atoms with Crippen LogP contribution in [0.5, 0.6) is 0 Å². The first-order valence-electron chi connectivity index (χ1n) is 9.59. The molecule has 1 aliphatic heterocycles. The molecule has 0 aliphatic carbocycles. The van der Waals surface area contributed by atoms with Crippen molar-refractivity contribution >= 4 is 24.8 Å². The number of hydrogen-bond acceptors (Lipinski definition) is 6. The Morgan fingerprint density at radius 1 is 1.39 bits per heavy atom. The number of benzene rings is 1. The van der Waals surface area contributed by atoms with Gasteiger partial charge in [0, 0.05) is 32.8 Å². The summed E-state index contributed by atoms with van der Waals surface area (Å²) in [6.07, 6.45) is 5.28. The molecule has 9 nitrogen and oxygen atoms in total. The minimum Gasteiger partial charge on any atom is -0.374 e. The van der Waals surface area contributed by atoms with Crippen LogP contribution in [0.3, 0.4) is 0 Å². The molecule has 0 fully saturated rings. The van der Waals surface area contributed by atoms with Crippen molar-refractivity contribution < 1.29 is 13.6 Å². The summed E-state index contributed by atoms with van der Waals surface area (Å²) < 4.78 is 27.8. The number of likely N-dealkylation sites (N-methyl/N-ethyl adjacent to an activating group) is 1. The van der Waals surface area contributed by atoms with Gasteiger partial charge in [0.2, 0.25) is 6.41 Å². The first kappa shape index (κ1) is 23.5. The molecule has 1 aromatic rings. The van der Waals surface area contributed by atoms with Gasteiger partial charge in [-0.3, -0.25) is 14.8 Å². The quantitative estimate of drug-likeness (QED) is 0.211. The van der Waals surface area contributed by atoms with E-state index in [1.807, 2.05) is 6.07 Å². The van der Waals surface area contributed by atoms with Crippen LogP contribution in [0.1, 0.15) is 23.6 Å². The summed E-state index contributed by atoms with van der Waals surface area (Å²) >= 11 is 0. The lowest BCUT2D eigenvalue weighted by atomic mass is 10.0. The molecule has 1 atom stereocenters. The van der Waals surface area contributed by atoms with Crippen molar-refractivity contribution in [3.63, 3.8) is 0 Å². The lowest BCUT2D eigenvalue weighted by molar-refractivity contribution is -0.109. The molecule has 0 saturated heterocycles. The van der Waals surface area contributed by atoms with Crippen molar-refractivity contribution in [3.8, 4) is 6.07 Å². The number of carbonyl (C=O) groups is 1. The average Bonchev–Trinajstić information content (AvgIpc) is 3.24. The fourth-order valence-electron chi connectivity index (χ4n) is 2.87. The molecule has 2 rings (SSSR count). The number of amides is 1. The second-order valence-electron chi connectivity index (χ2n) is 6.36. The number of halogens is 2. The maximum absolute atomic E-state index is 14.0. The van der Waals surface area contributed by atoms with Crippen LogP contribution >= 0.6 is 0 Å². The Bertz CT molecular complexity index is 907. The Kier molecular flexibility index (Phi) is 9.61. The summed E-state index contributed by atoms with van der Waals surface area (Å²) in [4.78, 5) is 18.0. The van der Waals surface area contributed by atoms with E-state index in [4.69, 9.17) is 5.26 Å². The molecule has 1 unspecified atom stereocenters. The lowest BCUT2D eigenvalue weighted by Crippen LogP contribution is -2.29. The first-order chi connectivity index (χ1) is 15.1. The van der Waals surface area contributed by atoms with Crippen LogP contribution in [0.4, 0.5) is 8.78 Å². The third kappa shape index (κ3) is 7.50. The maximum Gasteiger partial charge on any atom is 0.207 e. The second-order valence-corrected chi connectivity index (χ2v) is 6.36. The normalized spacial score (nSPS) is 16.5. The second kappa shape index (κ2) is 12.7. The molecule has 0 bridgehead atoms. The van der Waals surface area contributed by atoms with Crippen molar-refractivity contribution in [2.24, 2.45) is 15.1 Å². The highest BCUT2D eigenvalue weighted by Crippen LogP contribution is 2.28. The van der Waals surface area contributed by atoms with Gasteiger partial charge in [0.15, 0.2) is 11.7 Å². The van der Waals surface area contributed by atoms with E-state index in [2.05, 4.69) is 31.0 Å². The SMILES string of the molecule is CNC(=N/CCNC=O)/C(F)=C\N=C\NCCN1N=CCC1c1cc(F)cc(C#N)c1. The highest BCUT2D eigenvalue weighted by molar-refractivity contribution is 5.96. The van der Waals surface area contributed by atoms with Crippen LogP contribution in [0.15, 0.2) is 45.3 Å². The molecule has 3 N–H and O–H groups in total. The molecule has 1 heterocycles. The average molecular weight is 430 g/mol. The van der Waals surface area contributed by atoms with E-state index >= 15 is 0 Å². The monoisotopic (exact) mass is 430 g/mol. The number of aliphatic imine (C=N–C) groups is 2. The van der Waals surface area contributed by atoms with Gasteiger partial charge in [-0.05, 0) is 23.8 Å². The fraction of sp³-hybridized carbons (Fsp3) is 0.350. The number of rotatable bonds is 11. The number of nitrogens with zero attached hydrogens (tertiary/aromatic N) is 5. The largest absolute Gasteiger partial charge is 0.374 e. The summed E-state index contributed by atoms with van der Waals surface area (Å²) in [6, 6.07) is 6.07. The number of nitriles is 1. The standard InChI is InChI=1S/C20H24F2N8O/c1-24-20(28-5-4-26-14-31)18(22)12-27-13-25-6-7-30-19(2-3-29-30)16-8-15(11-23)9-17(21)10-16/h3,8-10,12-14,19H,2,4-7H2,1H3,(H,24,28)(H,25,27)(H,26,31)/b18-12+. The van der Waals surface area contributed by atoms with Crippen LogP contribution < -0.4 is 16.0 Å². The van der Waals surface area contributed by atoms with Crippen LogP contribution in [0.25, 0.3) is 0 Å². The lowest BCUT2D eigenvalue weighted by Gasteiger charge is -2.24. The number of amidine groups is 1. The Hall–Kier alpha value is -3.81. The van der Waals surface area contributed by atoms with E-state index in [0.29, 0.717) is 38.0 Å². The van der Waals surface area contributed by atoms with Crippen LogP contribution in [-0.2, 0) is 4.79 Å². The minimum atomic E-state index is -0.643. The van der Waals surface area contributed by atoms with Crippen LogP contribution in [-0.4, -0.2) is 63.0 Å². The smallest absolute Gasteiger partial charge is 0.207 e. The van der Waals surface area contributed by atoms with Gasteiger partial charge in [0.25, 0.3) is 0 Å². The van der Waals surface area contributed by atoms with Crippen LogP contribution in [0, 0.1) is 17.1 Å². The molecule has 31 heavy (non-hydrogen) atoms. The van der Waals surface area contributed by atoms with Crippen molar-refractivity contribution in [1.29, 1.82) is 5.26 Å². The third-order valence-corrected chi connectivity index (χ3v) is 4.26. The van der Waals surface area contributed by atoms with E-state index in [0.717, 1.165) is 6.20 Å². The summed E-state index contributed by atoms with van der Waals surface area (Å²) in [5.74, 6) is -1.06. The molecule has 0 aromatic heterocycles. The van der Waals surface area contributed by atoms with Gasteiger partial charge in [-0.1, -0.05) is 0 Å². The summed E-state index contributed by atoms with van der Waals surface area (Å²) in [6.45, 7) is 1.51. The topological polar surface area (TPSA) is 117 Å². The fourth-order valence-corrected chi connectivity index (χ4v) is 2.87. The molecule has 0 radical (unpaired) electrons. The molecule has 0 spiro atoms. The van der Waals surface area contributed by atoms with Crippen molar-refractivity contribution in [1.82, 2.24) is 21.0 Å². The highest BCUT2D eigenvalue weighted by atomic mass is 19.1. The Balaban J connectivity index is 1.83. The molecule has 11 heteroatoms. The van der Waals surface area contributed by atoms with E-state index in [9.17, 15) is 13.6 Å². The third-order valence-electron chi connectivity index (χ3n) is 4.26. The molecule has 1 aliphatic rings. The number of hydrogen-bond donors (Lipinski definition) is 3. The molecular formula is C20H24F2N8O. The summed E-state index contributed by atoms with van der Waals surface area (Å²) in [5.41, 5.74) is 0.959. The molecule has 1 amide bonds. The zero-order chi connectivity index (χ0) is 22.5. The Morgan fingerprint density at radius 2 is 2.23 bits per heavy atom. The Labute approximate surface area is 179 Å². The molecule has 1 aromatic carbocycles. The first-order valence-corrected chi connectivity index (χ1v) is 9.59.